The van der Waals surface area contributed by atoms with Crippen LogP contribution in [0.25, 0.3) is 11.3 Å². The van der Waals surface area contributed by atoms with Gasteiger partial charge in [0.2, 0.25) is 0 Å². The summed E-state index contributed by atoms with van der Waals surface area (Å²) in [5, 5.41) is 3.11. The fourth-order valence-electron chi connectivity index (χ4n) is 1.38. The van der Waals surface area contributed by atoms with E-state index in [0.29, 0.717) is 11.0 Å². The number of hydrogen-bond acceptors (Lipinski definition) is 3. The van der Waals surface area contributed by atoms with Crippen molar-refractivity contribution in [3.8, 4) is 17.0 Å². The van der Waals surface area contributed by atoms with Crippen LogP contribution in [0.1, 0.15) is 5.01 Å². The highest BCUT2D eigenvalue weighted by molar-refractivity contribution is 9.08. The lowest BCUT2D eigenvalue weighted by atomic mass is 10.1. The van der Waals surface area contributed by atoms with Gasteiger partial charge in [0, 0.05) is 17.0 Å². The molecule has 90 valence electrons. The first kappa shape index (κ1) is 12.4. The van der Waals surface area contributed by atoms with E-state index in [0.717, 1.165) is 17.1 Å². The molecule has 0 atom stereocenters. The van der Waals surface area contributed by atoms with Crippen molar-refractivity contribution in [3.63, 3.8) is 0 Å². The fraction of sp³-hybridized carbons (Fsp3) is 0.182. The Kier molecular flexibility index (Phi) is 3.73. The van der Waals surface area contributed by atoms with E-state index in [2.05, 4.69) is 20.9 Å². The Bertz CT molecular complexity index is 544. The smallest absolute Gasteiger partial charge is 0.165 e. The zero-order valence-corrected chi connectivity index (χ0v) is 11.2. The SMILES string of the molecule is COc1cc(F)c(-c2csc(CBr)n2)cc1F. The summed E-state index contributed by atoms with van der Waals surface area (Å²) in [6.07, 6.45) is 0. The lowest BCUT2D eigenvalue weighted by molar-refractivity contribution is 0.383. The number of ether oxygens (including phenoxy) is 1. The molecule has 0 aliphatic heterocycles. The van der Waals surface area contributed by atoms with Crippen LogP contribution < -0.4 is 4.74 Å². The van der Waals surface area contributed by atoms with Crippen molar-refractivity contribution >= 4 is 27.3 Å². The fourth-order valence-corrected chi connectivity index (χ4v) is 2.54. The molecule has 0 saturated carbocycles. The van der Waals surface area contributed by atoms with Crippen molar-refractivity contribution in [2.45, 2.75) is 5.33 Å². The standard InChI is InChI=1S/C11H8BrF2NOS/c1-16-10-3-7(13)6(2-8(10)14)9-5-17-11(4-12)15-9/h2-3,5H,4H2,1H3. The first-order valence-electron chi connectivity index (χ1n) is 4.69. The molecule has 1 heterocycles. The molecule has 17 heavy (non-hydrogen) atoms. The van der Waals surface area contributed by atoms with Gasteiger partial charge in [-0.15, -0.1) is 11.3 Å². The molecule has 0 saturated heterocycles. The predicted molar refractivity (Wildman–Crippen MR) is 66.6 cm³/mol. The van der Waals surface area contributed by atoms with Crippen LogP contribution in [-0.4, -0.2) is 12.1 Å². The van der Waals surface area contributed by atoms with Gasteiger partial charge in [-0.2, -0.15) is 0 Å². The summed E-state index contributed by atoms with van der Waals surface area (Å²) in [7, 11) is 1.29. The summed E-state index contributed by atoms with van der Waals surface area (Å²) in [5.74, 6) is -1.26. The van der Waals surface area contributed by atoms with Gasteiger partial charge in [0.15, 0.2) is 11.6 Å². The molecule has 6 heteroatoms. The number of benzene rings is 1. The first-order chi connectivity index (χ1) is 8.15. The van der Waals surface area contributed by atoms with E-state index in [-0.39, 0.29) is 11.3 Å². The van der Waals surface area contributed by atoms with Gasteiger partial charge in [-0.1, -0.05) is 15.9 Å². The monoisotopic (exact) mass is 319 g/mol. The maximum Gasteiger partial charge on any atom is 0.165 e. The summed E-state index contributed by atoms with van der Waals surface area (Å²) >= 11 is 4.65. The van der Waals surface area contributed by atoms with Crippen LogP contribution in [0.3, 0.4) is 0 Å². The molecule has 0 aliphatic rings. The average molecular weight is 320 g/mol. The molecular weight excluding hydrogens is 312 g/mol. The normalized spacial score (nSPS) is 10.6. The van der Waals surface area contributed by atoms with Crippen molar-refractivity contribution in [2.24, 2.45) is 0 Å². The van der Waals surface area contributed by atoms with Gasteiger partial charge < -0.3 is 4.74 Å². The number of aromatic nitrogens is 1. The molecule has 0 N–H and O–H groups in total. The molecule has 0 spiro atoms. The topological polar surface area (TPSA) is 22.1 Å². The van der Waals surface area contributed by atoms with Crippen LogP contribution in [0, 0.1) is 11.6 Å². The number of rotatable bonds is 3. The van der Waals surface area contributed by atoms with Gasteiger partial charge in [-0.25, -0.2) is 13.8 Å². The number of alkyl halides is 1. The molecule has 2 aromatic rings. The van der Waals surface area contributed by atoms with Crippen molar-refractivity contribution in [2.75, 3.05) is 7.11 Å². The Hall–Kier alpha value is -1.01. The van der Waals surface area contributed by atoms with E-state index in [1.807, 2.05) is 0 Å². The highest BCUT2D eigenvalue weighted by Gasteiger charge is 2.14. The van der Waals surface area contributed by atoms with Gasteiger partial charge in [-0.3, -0.25) is 0 Å². The van der Waals surface area contributed by atoms with Gasteiger partial charge in [0.05, 0.1) is 18.1 Å². The third kappa shape index (κ3) is 2.47. The van der Waals surface area contributed by atoms with Crippen LogP contribution in [0.5, 0.6) is 5.75 Å². The van der Waals surface area contributed by atoms with Crippen LogP contribution >= 0.6 is 27.3 Å². The Balaban J connectivity index is 2.48. The van der Waals surface area contributed by atoms with Gasteiger partial charge >= 0.3 is 0 Å². The summed E-state index contributed by atoms with van der Waals surface area (Å²) in [6.45, 7) is 0. The predicted octanol–water partition coefficient (Wildman–Crippen LogP) is 3.99. The Morgan fingerprint density at radius 1 is 1.35 bits per heavy atom. The van der Waals surface area contributed by atoms with E-state index >= 15 is 0 Å². The summed E-state index contributed by atoms with van der Waals surface area (Å²) in [4.78, 5) is 4.18. The number of hydrogen-bond donors (Lipinski definition) is 0. The molecule has 0 unspecified atom stereocenters. The quantitative estimate of drug-likeness (QED) is 0.798. The third-order valence-corrected chi connectivity index (χ3v) is 3.93. The Morgan fingerprint density at radius 2 is 2.12 bits per heavy atom. The highest BCUT2D eigenvalue weighted by atomic mass is 79.9. The molecule has 0 fully saturated rings. The number of halogens is 3. The minimum atomic E-state index is -0.600. The Labute approximate surface area is 109 Å². The lowest BCUT2D eigenvalue weighted by Crippen LogP contribution is -1.93. The van der Waals surface area contributed by atoms with Crippen molar-refractivity contribution in [1.82, 2.24) is 4.98 Å². The second-order valence-electron chi connectivity index (χ2n) is 3.23. The molecule has 0 radical (unpaired) electrons. The molecule has 2 rings (SSSR count). The van der Waals surface area contributed by atoms with E-state index in [4.69, 9.17) is 4.74 Å². The van der Waals surface area contributed by atoms with Crippen LogP contribution in [0.2, 0.25) is 0 Å². The largest absolute Gasteiger partial charge is 0.494 e. The molecule has 0 bridgehead atoms. The molecule has 0 amide bonds. The minimum Gasteiger partial charge on any atom is -0.494 e. The van der Waals surface area contributed by atoms with Gasteiger partial charge in [-0.05, 0) is 6.07 Å². The van der Waals surface area contributed by atoms with Crippen LogP contribution in [-0.2, 0) is 5.33 Å². The number of nitrogens with zero attached hydrogens (tertiary/aromatic N) is 1. The van der Waals surface area contributed by atoms with Crippen LogP contribution in [0.15, 0.2) is 17.5 Å². The number of thiazole rings is 1. The maximum absolute atomic E-state index is 13.7. The molecular formula is C11H8BrF2NOS. The molecule has 1 aromatic heterocycles. The van der Waals surface area contributed by atoms with Crippen LogP contribution in [0.4, 0.5) is 8.78 Å². The second-order valence-corrected chi connectivity index (χ2v) is 4.73. The first-order valence-corrected chi connectivity index (χ1v) is 6.69. The lowest BCUT2D eigenvalue weighted by Gasteiger charge is -2.05. The van der Waals surface area contributed by atoms with Gasteiger partial charge in [0.25, 0.3) is 0 Å². The van der Waals surface area contributed by atoms with E-state index < -0.39 is 11.6 Å². The van der Waals surface area contributed by atoms with Gasteiger partial charge in [0.1, 0.15) is 10.8 Å². The zero-order chi connectivity index (χ0) is 12.4. The summed E-state index contributed by atoms with van der Waals surface area (Å²) < 4.78 is 31.9. The van der Waals surface area contributed by atoms with E-state index in [1.54, 1.807) is 5.38 Å². The van der Waals surface area contributed by atoms with E-state index in [1.165, 1.54) is 18.4 Å². The Morgan fingerprint density at radius 3 is 2.71 bits per heavy atom. The molecule has 2 nitrogen and oxygen atoms in total. The minimum absolute atomic E-state index is 0.109. The average Bonchev–Trinajstić information content (AvgIpc) is 2.80. The van der Waals surface area contributed by atoms with Crippen molar-refractivity contribution in [1.29, 1.82) is 0 Å². The molecule has 0 aliphatic carbocycles. The summed E-state index contributed by atoms with van der Waals surface area (Å²) in [5.41, 5.74) is 0.579. The summed E-state index contributed by atoms with van der Waals surface area (Å²) in [6, 6.07) is 2.12. The zero-order valence-electron chi connectivity index (χ0n) is 8.84. The van der Waals surface area contributed by atoms with E-state index in [9.17, 15) is 8.78 Å². The third-order valence-electron chi connectivity index (χ3n) is 2.18. The number of methoxy groups -OCH3 is 1. The second kappa shape index (κ2) is 5.10. The van der Waals surface area contributed by atoms with Crippen molar-refractivity contribution < 1.29 is 13.5 Å². The maximum atomic E-state index is 13.7. The highest BCUT2D eigenvalue weighted by Crippen LogP contribution is 2.30. The van der Waals surface area contributed by atoms with Crippen molar-refractivity contribution in [3.05, 3.63) is 34.2 Å². The molecule has 1 aromatic carbocycles.